The number of carbonyl (C=O) groups excluding carboxylic acids is 3. The van der Waals surface area contributed by atoms with E-state index in [4.69, 9.17) is 12.2 Å². The van der Waals surface area contributed by atoms with Crippen LogP contribution in [0.15, 0.2) is 28.8 Å². The van der Waals surface area contributed by atoms with Crippen molar-refractivity contribution in [3.05, 3.63) is 23.8 Å². The summed E-state index contributed by atoms with van der Waals surface area (Å²) in [6.07, 6.45) is 9.19. The van der Waals surface area contributed by atoms with E-state index in [9.17, 15) is 14.4 Å². The third kappa shape index (κ3) is 3.90. The molecule has 1 saturated carbocycles. The van der Waals surface area contributed by atoms with E-state index in [0.29, 0.717) is 11.3 Å². The number of hydrogen-bond acceptors (Lipinski definition) is 5. The third-order valence-corrected chi connectivity index (χ3v) is 5.09. The highest BCUT2D eigenvalue weighted by atomic mass is 32.1. The van der Waals surface area contributed by atoms with Crippen molar-refractivity contribution in [2.24, 2.45) is 10.9 Å². The van der Waals surface area contributed by atoms with Gasteiger partial charge in [-0.1, -0.05) is 25.0 Å². The number of carbonyl (C=O) groups is 3. The Kier molecular flexibility index (Phi) is 5.61. The second-order valence-corrected chi connectivity index (χ2v) is 6.90. The molecule has 0 radical (unpaired) electrons. The summed E-state index contributed by atoms with van der Waals surface area (Å²) in [4.78, 5) is 42.0. The molecule has 1 atom stereocenters. The lowest BCUT2D eigenvalue weighted by atomic mass is 9.92. The van der Waals surface area contributed by atoms with Crippen LogP contribution in [0.5, 0.6) is 0 Å². The largest absolute Gasteiger partial charge is 0.465 e. The number of fused-ring (bicyclic) bond motifs is 1. The first-order valence-electron chi connectivity index (χ1n) is 8.71. The van der Waals surface area contributed by atoms with Gasteiger partial charge in [0.15, 0.2) is 0 Å². The maximum atomic E-state index is 12.7. The summed E-state index contributed by atoms with van der Waals surface area (Å²) in [5.74, 6) is -1.39. The molecule has 7 nitrogen and oxygen atoms in total. The van der Waals surface area contributed by atoms with Crippen LogP contribution in [-0.4, -0.2) is 53.2 Å². The first kappa shape index (κ1) is 18.4. The zero-order chi connectivity index (χ0) is 18.7. The molecule has 0 spiro atoms. The normalized spacial score (nSPS) is 22.7. The Bertz CT molecular complexity index is 735. The van der Waals surface area contributed by atoms with E-state index >= 15 is 0 Å². The fourth-order valence-electron chi connectivity index (χ4n) is 3.37. The van der Waals surface area contributed by atoms with Crippen LogP contribution < -0.4 is 5.32 Å². The molecule has 8 heteroatoms. The number of nitrogens with zero attached hydrogens (tertiary/aromatic N) is 2. The minimum Gasteiger partial charge on any atom is -0.465 e. The molecular weight excluding hydrogens is 354 g/mol. The molecule has 3 aliphatic rings. The molecular formula is C18H21N3O4S. The zero-order valence-corrected chi connectivity index (χ0v) is 15.4. The number of amides is 2. The van der Waals surface area contributed by atoms with E-state index in [2.05, 4.69) is 15.0 Å². The Morgan fingerprint density at radius 2 is 2.12 bits per heavy atom. The van der Waals surface area contributed by atoms with Crippen molar-refractivity contribution in [2.75, 3.05) is 13.7 Å². The molecule has 0 aromatic heterocycles. The fraction of sp³-hybridized carbons (Fsp3) is 0.500. The van der Waals surface area contributed by atoms with Gasteiger partial charge in [-0.05, 0) is 31.1 Å². The molecule has 1 N–H and O–H groups in total. The summed E-state index contributed by atoms with van der Waals surface area (Å²) in [7, 11) is 1.29. The summed E-state index contributed by atoms with van der Waals surface area (Å²) in [6.45, 7) is 0.199. The highest BCUT2D eigenvalue weighted by molar-refractivity contribution is 7.80. The highest BCUT2D eigenvalue weighted by Crippen LogP contribution is 2.23. The average molecular weight is 375 g/mol. The SMILES string of the molecule is COC(=O)C1=CC2=NC(=S)N(CCC(=O)NC3CCCC3)C(=O)C2C=C1. The minimum atomic E-state index is -0.590. The summed E-state index contributed by atoms with van der Waals surface area (Å²) in [5, 5.41) is 3.11. The van der Waals surface area contributed by atoms with Crippen molar-refractivity contribution in [1.29, 1.82) is 0 Å². The second-order valence-electron chi connectivity index (χ2n) is 6.54. The van der Waals surface area contributed by atoms with E-state index in [1.54, 1.807) is 12.2 Å². The summed E-state index contributed by atoms with van der Waals surface area (Å²) in [5.41, 5.74) is 0.747. The van der Waals surface area contributed by atoms with Gasteiger partial charge in [0.2, 0.25) is 16.9 Å². The Labute approximate surface area is 157 Å². The molecule has 1 fully saturated rings. The van der Waals surface area contributed by atoms with Gasteiger partial charge in [0.1, 0.15) is 0 Å². The van der Waals surface area contributed by atoms with Gasteiger partial charge < -0.3 is 10.1 Å². The van der Waals surface area contributed by atoms with E-state index < -0.39 is 11.9 Å². The van der Waals surface area contributed by atoms with Gasteiger partial charge in [-0.2, -0.15) is 0 Å². The molecule has 1 aliphatic heterocycles. The molecule has 2 amide bonds. The van der Waals surface area contributed by atoms with Crippen molar-refractivity contribution in [3.63, 3.8) is 0 Å². The van der Waals surface area contributed by atoms with Gasteiger partial charge in [0.05, 0.1) is 24.3 Å². The van der Waals surface area contributed by atoms with Crippen LogP contribution >= 0.6 is 12.2 Å². The quantitative estimate of drug-likeness (QED) is 0.578. The van der Waals surface area contributed by atoms with Crippen molar-refractivity contribution in [1.82, 2.24) is 10.2 Å². The van der Waals surface area contributed by atoms with E-state index in [0.717, 1.165) is 25.7 Å². The minimum absolute atomic E-state index is 0.0747. The first-order valence-corrected chi connectivity index (χ1v) is 9.12. The van der Waals surface area contributed by atoms with Crippen LogP contribution in [0.3, 0.4) is 0 Å². The molecule has 3 rings (SSSR count). The number of hydrogen-bond donors (Lipinski definition) is 1. The van der Waals surface area contributed by atoms with E-state index in [1.165, 1.54) is 18.1 Å². The zero-order valence-electron chi connectivity index (χ0n) is 14.6. The number of methoxy groups -OCH3 is 1. The van der Waals surface area contributed by atoms with E-state index in [1.807, 2.05) is 0 Å². The molecule has 0 aromatic rings. The summed E-state index contributed by atoms with van der Waals surface area (Å²) in [6, 6.07) is 0.249. The Hall–Kier alpha value is -2.35. The number of thiocarbonyl (C=S) groups is 1. The lowest BCUT2D eigenvalue weighted by Crippen LogP contribution is -2.47. The Morgan fingerprint density at radius 3 is 2.81 bits per heavy atom. The van der Waals surface area contributed by atoms with Gasteiger partial charge >= 0.3 is 5.97 Å². The molecule has 0 bridgehead atoms. The van der Waals surface area contributed by atoms with Gasteiger partial charge in [-0.15, -0.1) is 0 Å². The maximum absolute atomic E-state index is 12.7. The lowest BCUT2D eigenvalue weighted by molar-refractivity contribution is -0.136. The van der Waals surface area contributed by atoms with Crippen molar-refractivity contribution >= 4 is 40.8 Å². The number of rotatable bonds is 5. The van der Waals surface area contributed by atoms with Crippen LogP contribution in [0, 0.1) is 5.92 Å². The standard InChI is InChI=1S/C18H21N3O4S/c1-25-17(24)11-6-7-13-14(10-11)20-18(26)21(16(13)23)9-8-15(22)19-12-4-2-3-5-12/h6-7,10,12-13H,2-5,8-9H2,1H3,(H,19,22). The van der Waals surface area contributed by atoms with Gasteiger partial charge in [-0.25, -0.2) is 9.79 Å². The van der Waals surface area contributed by atoms with Crippen LogP contribution in [0.1, 0.15) is 32.1 Å². The van der Waals surface area contributed by atoms with Crippen molar-refractivity contribution in [3.8, 4) is 0 Å². The van der Waals surface area contributed by atoms with E-state index in [-0.39, 0.29) is 35.9 Å². The first-order chi connectivity index (χ1) is 12.5. The summed E-state index contributed by atoms with van der Waals surface area (Å²) < 4.78 is 4.68. The monoisotopic (exact) mass is 375 g/mol. The molecule has 26 heavy (non-hydrogen) atoms. The van der Waals surface area contributed by atoms with Gasteiger partial charge in [0.25, 0.3) is 0 Å². The average Bonchev–Trinajstić information content (AvgIpc) is 3.13. The summed E-state index contributed by atoms with van der Waals surface area (Å²) >= 11 is 5.22. The molecule has 1 unspecified atom stereocenters. The van der Waals surface area contributed by atoms with Crippen molar-refractivity contribution in [2.45, 2.75) is 38.1 Å². The second kappa shape index (κ2) is 7.90. The highest BCUT2D eigenvalue weighted by Gasteiger charge is 2.35. The van der Waals surface area contributed by atoms with Gasteiger partial charge in [0, 0.05) is 19.0 Å². The fourth-order valence-corrected chi connectivity index (χ4v) is 3.66. The number of allylic oxidation sites excluding steroid dienone is 1. The van der Waals surface area contributed by atoms with Crippen molar-refractivity contribution < 1.29 is 19.1 Å². The molecule has 2 aliphatic carbocycles. The topological polar surface area (TPSA) is 88.1 Å². The Morgan fingerprint density at radius 1 is 1.38 bits per heavy atom. The lowest BCUT2D eigenvalue weighted by Gasteiger charge is -2.30. The maximum Gasteiger partial charge on any atom is 0.337 e. The Balaban J connectivity index is 1.63. The predicted octanol–water partition coefficient (Wildman–Crippen LogP) is 1.29. The number of aliphatic imine (C=N–C) groups is 1. The number of ether oxygens (including phenoxy) is 1. The molecule has 0 aromatic carbocycles. The number of esters is 1. The van der Waals surface area contributed by atoms with Crippen LogP contribution in [-0.2, 0) is 19.1 Å². The third-order valence-electron chi connectivity index (χ3n) is 4.78. The smallest absolute Gasteiger partial charge is 0.337 e. The van der Waals surface area contributed by atoms with Crippen LogP contribution in [0.25, 0.3) is 0 Å². The predicted molar refractivity (Wildman–Crippen MR) is 99.5 cm³/mol. The van der Waals surface area contributed by atoms with Crippen LogP contribution in [0.4, 0.5) is 0 Å². The molecule has 138 valence electrons. The molecule has 1 heterocycles. The van der Waals surface area contributed by atoms with Gasteiger partial charge in [-0.3, -0.25) is 14.5 Å². The molecule has 0 saturated heterocycles. The van der Waals surface area contributed by atoms with Crippen LogP contribution in [0.2, 0.25) is 0 Å². The number of nitrogens with one attached hydrogen (secondary N) is 1.